The van der Waals surface area contributed by atoms with Gasteiger partial charge in [0.25, 0.3) is 5.69 Å². The summed E-state index contributed by atoms with van der Waals surface area (Å²) in [6, 6.07) is 14.1. The van der Waals surface area contributed by atoms with Crippen LogP contribution >= 0.6 is 0 Å². The number of nitrogens with zero attached hydrogens (tertiary/aromatic N) is 2. The lowest BCUT2D eigenvalue weighted by molar-refractivity contribution is -0.384. The summed E-state index contributed by atoms with van der Waals surface area (Å²) in [6.07, 6.45) is 5.19. The Kier molecular flexibility index (Phi) is 6.39. The maximum absolute atomic E-state index is 12.3. The fourth-order valence-corrected chi connectivity index (χ4v) is 3.14. The Balaban J connectivity index is 1.61. The topological polar surface area (TPSA) is 87.5 Å². The summed E-state index contributed by atoms with van der Waals surface area (Å²) >= 11 is 0. The molecule has 0 spiro atoms. The molecule has 0 atom stereocenters. The number of nitrogens with one attached hydrogen (secondary N) is 2. The van der Waals surface area contributed by atoms with E-state index < -0.39 is 4.92 Å². The van der Waals surface area contributed by atoms with Gasteiger partial charge < -0.3 is 15.5 Å². The summed E-state index contributed by atoms with van der Waals surface area (Å²) < 4.78 is 0. The number of rotatable bonds is 6. The van der Waals surface area contributed by atoms with Gasteiger partial charge in [-0.2, -0.15) is 0 Å². The van der Waals surface area contributed by atoms with Crippen molar-refractivity contribution in [3.63, 3.8) is 0 Å². The van der Waals surface area contributed by atoms with Gasteiger partial charge in [-0.25, -0.2) is 0 Å². The molecule has 0 saturated carbocycles. The zero-order valence-corrected chi connectivity index (χ0v) is 15.8. The van der Waals surface area contributed by atoms with Crippen LogP contribution in [0.4, 0.5) is 17.1 Å². The van der Waals surface area contributed by atoms with Gasteiger partial charge in [0, 0.05) is 24.3 Å². The van der Waals surface area contributed by atoms with Crippen LogP contribution in [0.5, 0.6) is 0 Å². The van der Waals surface area contributed by atoms with Crippen LogP contribution in [0.2, 0.25) is 0 Å². The Morgan fingerprint density at radius 1 is 1.11 bits per heavy atom. The second kappa shape index (κ2) is 9.14. The summed E-state index contributed by atoms with van der Waals surface area (Å²) in [5.41, 5.74) is 2.39. The summed E-state index contributed by atoms with van der Waals surface area (Å²) in [5, 5.41) is 17.1. The van der Waals surface area contributed by atoms with E-state index in [0.29, 0.717) is 6.04 Å². The van der Waals surface area contributed by atoms with Crippen molar-refractivity contribution < 1.29 is 9.72 Å². The first-order chi connectivity index (χ1) is 13.5. The number of piperidine rings is 1. The van der Waals surface area contributed by atoms with E-state index in [0.717, 1.165) is 42.9 Å². The summed E-state index contributed by atoms with van der Waals surface area (Å²) in [4.78, 5) is 24.9. The van der Waals surface area contributed by atoms with E-state index in [2.05, 4.69) is 22.6 Å². The number of carbonyl (C=O) groups is 1. The van der Waals surface area contributed by atoms with Gasteiger partial charge >= 0.3 is 0 Å². The number of likely N-dealkylation sites (tertiary alicyclic amines) is 1. The van der Waals surface area contributed by atoms with Gasteiger partial charge in [-0.3, -0.25) is 14.9 Å². The number of para-hydroxylation sites is 2. The van der Waals surface area contributed by atoms with Gasteiger partial charge in [0.2, 0.25) is 5.91 Å². The fourth-order valence-electron chi connectivity index (χ4n) is 3.14. The van der Waals surface area contributed by atoms with Crippen molar-refractivity contribution >= 4 is 29.0 Å². The van der Waals surface area contributed by atoms with Gasteiger partial charge in [-0.1, -0.05) is 12.1 Å². The second-order valence-corrected chi connectivity index (χ2v) is 6.94. The SMILES string of the molecule is CN1CCC(Nc2ccccc2NC(=O)/C=C/c2ccc([N+](=O)[O-])cc2)CC1. The van der Waals surface area contributed by atoms with E-state index in [4.69, 9.17) is 0 Å². The molecule has 2 aromatic rings. The third-order valence-electron chi connectivity index (χ3n) is 4.79. The number of amides is 1. The maximum atomic E-state index is 12.3. The van der Waals surface area contributed by atoms with E-state index in [1.165, 1.54) is 18.2 Å². The lowest BCUT2D eigenvalue weighted by atomic mass is 10.0. The Bertz CT molecular complexity index is 856. The number of hydrogen-bond donors (Lipinski definition) is 2. The molecule has 2 aromatic carbocycles. The molecule has 0 bridgehead atoms. The molecule has 1 heterocycles. The molecule has 7 heteroatoms. The van der Waals surface area contributed by atoms with Crippen molar-refractivity contribution in [2.75, 3.05) is 30.8 Å². The number of nitro benzene ring substituents is 1. The Morgan fingerprint density at radius 3 is 2.39 bits per heavy atom. The number of benzene rings is 2. The van der Waals surface area contributed by atoms with Crippen LogP contribution < -0.4 is 10.6 Å². The van der Waals surface area contributed by atoms with Gasteiger partial charge in [0.15, 0.2) is 0 Å². The van der Waals surface area contributed by atoms with Crippen LogP contribution in [0.3, 0.4) is 0 Å². The molecule has 28 heavy (non-hydrogen) atoms. The second-order valence-electron chi connectivity index (χ2n) is 6.94. The average Bonchev–Trinajstić information content (AvgIpc) is 2.70. The predicted molar refractivity (Wildman–Crippen MR) is 111 cm³/mol. The van der Waals surface area contributed by atoms with Gasteiger partial charge in [-0.05, 0) is 68.9 Å². The molecule has 1 saturated heterocycles. The highest BCUT2D eigenvalue weighted by Gasteiger charge is 2.17. The molecule has 0 unspecified atom stereocenters. The first-order valence-electron chi connectivity index (χ1n) is 9.29. The van der Waals surface area contributed by atoms with Crippen LogP contribution in [-0.4, -0.2) is 41.9 Å². The van der Waals surface area contributed by atoms with E-state index in [1.807, 2.05) is 24.3 Å². The smallest absolute Gasteiger partial charge is 0.269 e. The minimum atomic E-state index is -0.450. The first kappa shape index (κ1) is 19.6. The molecule has 0 aromatic heterocycles. The Labute approximate surface area is 164 Å². The zero-order valence-electron chi connectivity index (χ0n) is 15.8. The first-order valence-corrected chi connectivity index (χ1v) is 9.29. The van der Waals surface area contributed by atoms with Crippen LogP contribution in [-0.2, 0) is 4.79 Å². The highest BCUT2D eigenvalue weighted by molar-refractivity contribution is 6.03. The normalized spacial score (nSPS) is 15.5. The number of nitro groups is 1. The summed E-state index contributed by atoms with van der Waals surface area (Å²) in [6.45, 7) is 2.12. The molecule has 1 aliphatic rings. The Hall–Kier alpha value is -3.19. The quantitative estimate of drug-likeness (QED) is 0.453. The average molecular weight is 380 g/mol. The van der Waals surface area contributed by atoms with Crippen LogP contribution in [0.1, 0.15) is 18.4 Å². The van der Waals surface area contributed by atoms with E-state index in [9.17, 15) is 14.9 Å². The Morgan fingerprint density at radius 2 is 1.75 bits per heavy atom. The molecule has 0 aliphatic carbocycles. The molecule has 0 radical (unpaired) electrons. The molecule has 1 aliphatic heterocycles. The largest absolute Gasteiger partial charge is 0.381 e. The predicted octanol–water partition coefficient (Wildman–Crippen LogP) is 3.75. The summed E-state index contributed by atoms with van der Waals surface area (Å²) in [5.74, 6) is -0.254. The van der Waals surface area contributed by atoms with E-state index in [1.54, 1.807) is 18.2 Å². The van der Waals surface area contributed by atoms with Crippen molar-refractivity contribution in [1.82, 2.24) is 4.90 Å². The third kappa shape index (κ3) is 5.40. The van der Waals surface area contributed by atoms with Crippen molar-refractivity contribution in [3.8, 4) is 0 Å². The van der Waals surface area contributed by atoms with Gasteiger partial charge in [-0.15, -0.1) is 0 Å². The number of hydrogen-bond acceptors (Lipinski definition) is 5. The van der Waals surface area contributed by atoms with Crippen LogP contribution in [0, 0.1) is 10.1 Å². The molecular formula is C21H24N4O3. The number of anilines is 2. The maximum Gasteiger partial charge on any atom is 0.269 e. The molecule has 2 N–H and O–H groups in total. The van der Waals surface area contributed by atoms with Gasteiger partial charge in [0.05, 0.1) is 16.3 Å². The molecule has 7 nitrogen and oxygen atoms in total. The van der Waals surface area contributed by atoms with Crippen molar-refractivity contribution in [1.29, 1.82) is 0 Å². The molecule has 1 amide bonds. The fraction of sp³-hybridized carbons (Fsp3) is 0.286. The van der Waals surface area contributed by atoms with Crippen LogP contribution in [0.25, 0.3) is 6.08 Å². The van der Waals surface area contributed by atoms with E-state index >= 15 is 0 Å². The summed E-state index contributed by atoms with van der Waals surface area (Å²) in [7, 11) is 2.13. The standard InChI is InChI=1S/C21H24N4O3/c1-24-14-12-17(13-15-24)22-19-4-2-3-5-20(19)23-21(26)11-8-16-6-9-18(10-7-16)25(27)28/h2-11,17,22H,12-15H2,1H3,(H,23,26)/b11-8+. The monoisotopic (exact) mass is 380 g/mol. The van der Waals surface area contributed by atoms with Gasteiger partial charge in [0.1, 0.15) is 0 Å². The zero-order chi connectivity index (χ0) is 19.9. The van der Waals surface area contributed by atoms with Crippen molar-refractivity contribution in [2.45, 2.75) is 18.9 Å². The highest BCUT2D eigenvalue weighted by Crippen LogP contribution is 2.24. The number of carbonyl (C=O) groups excluding carboxylic acids is 1. The molecular weight excluding hydrogens is 356 g/mol. The van der Waals surface area contributed by atoms with E-state index in [-0.39, 0.29) is 11.6 Å². The van der Waals surface area contributed by atoms with Crippen molar-refractivity contribution in [3.05, 3.63) is 70.3 Å². The minimum Gasteiger partial charge on any atom is -0.381 e. The molecule has 1 fully saturated rings. The third-order valence-corrected chi connectivity index (χ3v) is 4.79. The lowest BCUT2D eigenvalue weighted by Crippen LogP contribution is -2.36. The highest BCUT2D eigenvalue weighted by atomic mass is 16.6. The van der Waals surface area contributed by atoms with Crippen molar-refractivity contribution in [2.24, 2.45) is 0 Å². The van der Waals surface area contributed by atoms with Crippen LogP contribution in [0.15, 0.2) is 54.6 Å². The number of non-ortho nitro benzene ring substituents is 1. The lowest BCUT2D eigenvalue weighted by Gasteiger charge is -2.30. The molecule has 3 rings (SSSR count). The minimum absolute atomic E-state index is 0.0236. The molecule has 146 valence electrons.